The Morgan fingerprint density at radius 3 is 2.43 bits per heavy atom. The number of β-amino-alcohol motifs (C(OH)–C–C–N with tert-alkyl or cyclic N) is 1. The SMILES string of the molecule is CC(C)[C@H](NC(=O)c1cnccn1)C(=O)P[C@H](C(=O)N1CC[C@@H](O)C1)C(C)C. The van der Waals surface area contributed by atoms with Crippen LogP contribution in [-0.4, -0.2) is 68.2 Å². The molecule has 1 aromatic rings. The molecule has 4 atom stereocenters. The Labute approximate surface area is 167 Å². The van der Waals surface area contributed by atoms with Crippen LogP contribution in [0.15, 0.2) is 18.6 Å². The molecule has 2 N–H and O–H groups in total. The first-order valence-electron chi connectivity index (χ1n) is 9.54. The summed E-state index contributed by atoms with van der Waals surface area (Å²) < 4.78 is 0. The lowest BCUT2D eigenvalue weighted by molar-refractivity contribution is -0.131. The summed E-state index contributed by atoms with van der Waals surface area (Å²) in [6.07, 6.45) is 4.30. The second kappa shape index (κ2) is 10.0. The number of amides is 2. The molecule has 2 rings (SSSR count). The number of nitrogens with one attached hydrogen (secondary N) is 1. The highest BCUT2D eigenvalue weighted by molar-refractivity contribution is 7.59. The number of aromatic nitrogens is 2. The zero-order chi connectivity index (χ0) is 20.8. The van der Waals surface area contributed by atoms with Crippen molar-refractivity contribution in [2.45, 2.75) is 51.9 Å². The average Bonchev–Trinajstić information content (AvgIpc) is 3.09. The van der Waals surface area contributed by atoms with Crippen molar-refractivity contribution < 1.29 is 19.5 Å². The molecule has 28 heavy (non-hydrogen) atoms. The molecule has 1 saturated heterocycles. The van der Waals surface area contributed by atoms with E-state index in [0.29, 0.717) is 19.5 Å². The fourth-order valence-corrected chi connectivity index (χ4v) is 4.59. The van der Waals surface area contributed by atoms with Gasteiger partial charge in [-0.1, -0.05) is 27.7 Å². The molecule has 154 valence electrons. The van der Waals surface area contributed by atoms with Gasteiger partial charge in [0.05, 0.1) is 24.0 Å². The average molecular weight is 408 g/mol. The van der Waals surface area contributed by atoms with E-state index in [-0.39, 0.29) is 37.5 Å². The molecule has 2 heterocycles. The van der Waals surface area contributed by atoms with Crippen LogP contribution in [0.5, 0.6) is 0 Å². The maximum absolute atomic E-state index is 13.0. The van der Waals surface area contributed by atoms with Crippen LogP contribution in [0.3, 0.4) is 0 Å². The van der Waals surface area contributed by atoms with Crippen molar-refractivity contribution in [1.82, 2.24) is 20.2 Å². The molecule has 0 aromatic carbocycles. The van der Waals surface area contributed by atoms with Crippen LogP contribution < -0.4 is 5.32 Å². The first kappa shape index (κ1) is 22.4. The minimum atomic E-state index is -0.703. The smallest absolute Gasteiger partial charge is 0.272 e. The van der Waals surface area contributed by atoms with Crippen molar-refractivity contribution in [3.63, 3.8) is 0 Å². The maximum atomic E-state index is 13.0. The molecule has 0 radical (unpaired) electrons. The number of likely N-dealkylation sites (tertiary alicyclic amines) is 1. The van der Waals surface area contributed by atoms with Crippen LogP contribution >= 0.6 is 8.58 Å². The predicted octanol–water partition coefficient (Wildman–Crippen LogP) is 1.05. The minimum absolute atomic E-state index is 0.0176. The monoisotopic (exact) mass is 408 g/mol. The summed E-state index contributed by atoms with van der Waals surface area (Å²) in [6, 6.07) is -0.703. The zero-order valence-electron chi connectivity index (χ0n) is 16.8. The number of aliphatic hydroxyl groups is 1. The Hall–Kier alpha value is -1.92. The van der Waals surface area contributed by atoms with Gasteiger partial charge in [-0.3, -0.25) is 19.4 Å². The number of carbonyl (C=O) groups is 3. The Bertz CT molecular complexity index is 698. The van der Waals surface area contributed by atoms with Crippen LogP contribution in [0.4, 0.5) is 0 Å². The molecule has 1 fully saturated rings. The van der Waals surface area contributed by atoms with E-state index in [1.54, 1.807) is 4.90 Å². The van der Waals surface area contributed by atoms with Gasteiger partial charge in [-0.05, 0) is 26.8 Å². The predicted molar refractivity (Wildman–Crippen MR) is 107 cm³/mol. The van der Waals surface area contributed by atoms with Crippen molar-refractivity contribution in [2.24, 2.45) is 11.8 Å². The molecular weight excluding hydrogens is 379 g/mol. The Morgan fingerprint density at radius 1 is 1.21 bits per heavy atom. The van der Waals surface area contributed by atoms with Crippen LogP contribution in [0.25, 0.3) is 0 Å². The largest absolute Gasteiger partial charge is 0.391 e. The van der Waals surface area contributed by atoms with E-state index in [1.807, 2.05) is 27.7 Å². The van der Waals surface area contributed by atoms with E-state index < -0.39 is 23.7 Å². The van der Waals surface area contributed by atoms with Gasteiger partial charge in [0.1, 0.15) is 5.69 Å². The second-order valence-electron chi connectivity index (χ2n) is 7.74. The first-order chi connectivity index (χ1) is 13.2. The van der Waals surface area contributed by atoms with Crippen LogP contribution in [0.1, 0.15) is 44.6 Å². The normalized spacial score (nSPS) is 19.4. The van der Waals surface area contributed by atoms with Crippen LogP contribution in [-0.2, 0) is 9.59 Å². The summed E-state index contributed by atoms with van der Waals surface area (Å²) in [4.78, 5) is 47.7. The molecule has 1 aliphatic rings. The van der Waals surface area contributed by atoms with E-state index >= 15 is 0 Å². The summed E-state index contributed by atoms with van der Waals surface area (Å²) >= 11 is 0. The van der Waals surface area contributed by atoms with Crippen molar-refractivity contribution in [3.8, 4) is 0 Å². The molecule has 9 heteroatoms. The molecule has 1 aliphatic heterocycles. The number of hydrogen-bond donors (Lipinski definition) is 2. The van der Waals surface area contributed by atoms with Gasteiger partial charge < -0.3 is 15.3 Å². The Kier molecular flexibility index (Phi) is 8.01. The standard InChI is InChI=1S/C19H29N4O4P/c1-11(2)15(22-17(25)14-9-20-6-7-21-14)19(27)28-16(12(3)4)18(26)23-8-5-13(24)10-23/h6-7,9,11-13,15-16,24,28H,5,8,10H2,1-4H3,(H,22,25)/t13-,15+,16+/m1/s1. The molecule has 2 amide bonds. The fourth-order valence-electron chi connectivity index (χ4n) is 3.06. The number of carbonyl (C=O) groups excluding carboxylic acids is 3. The topological polar surface area (TPSA) is 112 Å². The summed E-state index contributed by atoms with van der Waals surface area (Å²) in [5.74, 6) is -0.700. The third-order valence-electron chi connectivity index (χ3n) is 4.74. The lowest BCUT2D eigenvalue weighted by atomic mass is 10.1. The number of rotatable bonds is 8. The van der Waals surface area contributed by atoms with Gasteiger partial charge in [-0.15, -0.1) is 0 Å². The number of hydrogen-bond acceptors (Lipinski definition) is 6. The lowest BCUT2D eigenvalue weighted by Gasteiger charge is -2.28. The number of nitrogens with zero attached hydrogens (tertiary/aromatic N) is 3. The highest BCUT2D eigenvalue weighted by Gasteiger charge is 2.35. The molecule has 1 aromatic heterocycles. The summed E-state index contributed by atoms with van der Waals surface area (Å²) in [5.41, 5.74) is -0.460. The van der Waals surface area contributed by atoms with Crippen molar-refractivity contribution >= 4 is 25.9 Å². The Balaban J connectivity index is 2.08. The molecule has 0 spiro atoms. The molecule has 8 nitrogen and oxygen atoms in total. The molecule has 1 unspecified atom stereocenters. The molecular formula is C19H29N4O4P. The summed E-state index contributed by atoms with van der Waals surface area (Å²) in [7, 11) is -0.256. The highest BCUT2D eigenvalue weighted by Crippen LogP contribution is 2.32. The molecule has 0 bridgehead atoms. The Morgan fingerprint density at radius 2 is 1.93 bits per heavy atom. The summed E-state index contributed by atoms with van der Waals surface area (Å²) in [5, 5.41) is 12.4. The third kappa shape index (κ3) is 5.79. The van der Waals surface area contributed by atoms with Gasteiger partial charge in [0.2, 0.25) is 5.91 Å². The minimum Gasteiger partial charge on any atom is -0.391 e. The first-order valence-corrected chi connectivity index (χ1v) is 10.6. The fraction of sp³-hybridized carbons (Fsp3) is 0.632. The van der Waals surface area contributed by atoms with Gasteiger partial charge >= 0.3 is 0 Å². The highest BCUT2D eigenvalue weighted by atomic mass is 31.1. The van der Waals surface area contributed by atoms with E-state index in [4.69, 9.17) is 0 Å². The van der Waals surface area contributed by atoms with E-state index in [1.165, 1.54) is 18.6 Å². The lowest BCUT2D eigenvalue weighted by Crippen LogP contribution is -2.45. The summed E-state index contributed by atoms with van der Waals surface area (Å²) in [6.45, 7) is 8.37. The van der Waals surface area contributed by atoms with Gasteiger partial charge in [-0.25, -0.2) is 4.98 Å². The zero-order valence-corrected chi connectivity index (χ0v) is 17.8. The van der Waals surface area contributed by atoms with E-state index in [2.05, 4.69) is 15.3 Å². The van der Waals surface area contributed by atoms with Crippen molar-refractivity contribution in [1.29, 1.82) is 0 Å². The van der Waals surface area contributed by atoms with Gasteiger partial charge in [-0.2, -0.15) is 0 Å². The van der Waals surface area contributed by atoms with Crippen LogP contribution in [0, 0.1) is 11.8 Å². The van der Waals surface area contributed by atoms with Gasteiger partial charge in [0.15, 0.2) is 5.52 Å². The quantitative estimate of drug-likeness (QED) is 0.622. The van der Waals surface area contributed by atoms with Crippen molar-refractivity contribution in [3.05, 3.63) is 24.3 Å². The number of aliphatic hydroxyl groups excluding tert-OH is 1. The second-order valence-corrected chi connectivity index (χ2v) is 9.15. The van der Waals surface area contributed by atoms with Gasteiger partial charge in [0.25, 0.3) is 5.91 Å². The maximum Gasteiger partial charge on any atom is 0.272 e. The third-order valence-corrected chi connectivity index (χ3v) is 6.56. The molecule has 0 aliphatic carbocycles. The van der Waals surface area contributed by atoms with Crippen molar-refractivity contribution in [2.75, 3.05) is 13.1 Å². The molecule has 0 saturated carbocycles. The van der Waals surface area contributed by atoms with E-state index in [9.17, 15) is 19.5 Å². The van der Waals surface area contributed by atoms with Crippen LogP contribution in [0.2, 0.25) is 0 Å². The van der Waals surface area contributed by atoms with E-state index in [0.717, 1.165) is 0 Å². The van der Waals surface area contributed by atoms with Gasteiger partial charge in [0, 0.05) is 25.5 Å².